The summed E-state index contributed by atoms with van der Waals surface area (Å²) in [6.45, 7) is 8.70. The average molecular weight is 824 g/mol. The largest absolute Gasteiger partial charge is 0.256 e. The molecule has 2 atom stereocenters. The SMILES string of the molecule is CC.Cc1ccccc1C1(c2ccccc2[C@H](C)CCc2ccccc2)c2ccccc2-c2cccc(-c3ccc(-c4c5ccccc5c(-c5ccccc5)c5ccccc45)cn3)c21. The first-order chi connectivity index (χ1) is 31.6. The standard InChI is InChI=1S/C61H47N.C2H6/c1-41(36-37-43-21-5-3-6-22-43)46-25-14-17-34-55(46)61(54-33-16-9-20-42(54)2)56-35-18-15-26-47(56)52-31-19-32-53(60(52)61)57-39-38-45(40-62-57)59-50-29-12-10-27-48(50)58(44-23-7-4-8-24-44)49-28-11-13-30-51(49)59;1-2/h3-35,38-41H,36-37H2,1-2H3;1-2H3/t41-,61?;/m1./s1. The summed E-state index contributed by atoms with van der Waals surface area (Å²) >= 11 is 0. The van der Waals surface area contributed by atoms with Gasteiger partial charge in [0.05, 0.1) is 11.1 Å². The first kappa shape index (κ1) is 40.7. The van der Waals surface area contributed by atoms with Crippen LogP contribution in [0, 0.1) is 6.92 Å². The van der Waals surface area contributed by atoms with Crippen LogP contribution in [0.15, 0.2) is 219 Å². The van der Waals surface area contributed by atoms with Crippen molar-refractivity contribution >= 4 is 21.5 Å². The fraction of sp³-hybridized carbons (Fsp3) is 0.127. The van der Waals surface area contributed by atoms with Gasteiger partial charge in [0.25, 0.3) is 0 Å². The zero-order valence-corrected chi connectivity index (χ0v) is 37.2. The molecule has 310 valence electrons. The molecule has 0 N–H and O–H groups in total. The van der Waals surface area contributed by atoms with Crippen LogP contribution in [0.2, 0.25) is 0 Å². The van der Waals surface area contributed by atoms with Crippen molar-refractivity contribution in [3.63, 3.8) is 0 Å². The minimum atomic E-state index is -0.578. The van der Waals surface area contributed by atoms with Gasteiger partial charge in [-0.2, -0.15) is 0 Å². The number of rotatable bonds is 9. The summed E-state index contributed by atoms with van der Waals surface area (Å²) in [6.07, 6.45) is 4.20. The second-order valence-corrected chi connectivity index (χ2v) is 17.0. The van der Waals surface area contributed by atoms with Crippen LogP contribution in [0.3, 0.4) is 0 Å². The first-order valence-corrected chi connectivity index (χ1v) is 23.0. The summed E-state index contributed by atoms with van der Waals surface area (Å²) in [5, 5.41) is 4.95. The molecule has 1 aliphatic rings. The van der Waals surface area contributed by atoms with Gasteiger partial charge in [-0.15, -0.1) is 0 Å². The van der Waals surface area contributed by atoms with Gasteiger partial charge in [-0.1, -0.05) is 227 Å². The Balaban J connectivity index is 0.00000239. The zero-order chi connectivity index (χ0) is 43.6. The number of benzene rings is 9. The normalized spacial score (nSPS) is 14.4. The molecule has 1 nitrogen and oxygen atoms in total. The molecule has 1 unspecified atom stereocenters. The topological polar surface area (TPSA) is 12.9 Å². The molecule has 10 aromatic rings. The maximum Gasteiger partial charge on any atom is 0.0725 e. The van der Waals surface area contributed by atoms with E-state index in [4.69, 9.17) is 4.98 Å². The Morgan fingerprint density at radius 3 is 1.59 bits per heavy atom. The third-order valence-corrected chi connectivity index (χ3v) is 13.5. The van der Waals surface area contributed by atoms with Gasteiger partial charge in [0.1, 0.15) is 0 Å². The summed E-state index contributed by atoms with van der Waals surface area (Å²) in [7, 11) is 0. The summed E-state index contributed by atoms with van der Waals surface area (Å²) in [5.41, 5.74) is 18.3. The molecule has 1 heterocycles. The van der Waals surface area contributed by atoms with E-state index in [1.54, 1.807) is 0 Å². The Morgan fingerprint density at radius 1 is 0.438 bits per heavy atom. The fourth-order valence-electron chi connectivity index (χ4n) is 10.8. The molecule has 0 spiro atoms. The van der Waals surface area contributed by atoms with Gasteiger partial charge >= 0.3 is 0 Å². The van der Waals surface area contributed by atoms with Crippen LogP contribution < -0.4 is 0 Å². The van der Waals surface area contributed by atoms with Crippen LogP contribution in [0.1, 0.15) is 72.1 Å². The van der Waals surface area contributed by atoms with Gasteiger partial charge in [-0.3, -0.25) is 4.98 Å². The van der Waals surface area contributed by atoms with Crippen LogP contribution in [-0.4, -0.2) is 4.98 Å². The molecule has 0 saturated carbocycles. The van der Waals surface area contributed by atoms with Crippen LogP contribution in [0.4, 0.5) is 0 Å². The van der Waals surface area contributed by atoms with Crippen LogP contribution in [0.5, 0.6) is 0 Å². The van der Waals surface area contributed by atoms with E-state index in [1.165, 1.54) is 88.3 Å². The molecule has 0 bridgehead atoms. The summed E-state index contributed by atoms with van der Waals surface area (Å²) in [6, 6.07) is 78.3. The highest BCUT2D eigenvalue weighted by molar-refractivity contribution is 6.21. The van der Waals surface area contributed by atoms with E-state index in [9.17, 15) is 0 Å². The van der Waals surface area contributed by atoms with Gasteiger partial charge in [0, 0.05) is 17.3 Å². The molecule has 0 radical (unpaired) electrons. The average Bonchev–Trinajstić information content (AvgIpc) is 3.67. The van der Waals surface area contributed by atoms with Crippen molar-refractivity contribution in [2.45, 2.75) is 51.9 Å². The smallest absolute Gasteiger partial charge is 0.0725 e. The van der Waals surface area contributed by atoms with Crippen molar-refractivity contribution < 1.29 is 0 Å². The predicted molar refractivity (Wildman–Crippen MR) is 272 cm³/mol. The summed E-state index contributed by atoms with van der Waals surface area (Å²) < 4.78 is 0. The van der Waals surface area contributed by atoms with Crippen LogP contribution in [0.25, 0.3) is 66.2 Å². The number of fused-ring (bicyclic) bond motifs is 5. The van der Waals surface area contributed by atoms with E-state index in [1.807, 2.05) is 13.8 Å². The van der Waals surface area contributed by atoms with Gasteiger partial charge < -0.3 is 0 Å². The molecule has 1 heteroatoms. The van der Waals surface area contributed by atoms with Crippen molar-refractivity contribution in [1.82, 2.24) is 4.98 Å². The monoisotopic (exact) mass is 823 g/mol. The second-order valence-electron chi connectivity index (χ2n) is 17.0. The molecule has 11 rings (SSSR count). The summed E-state index contributed by atoms with van der Waals surface area (Å²) in [4.78, 5) is 5.46. The lowest BCUT2D eigenvalue weighted by atomic mass is 9.63. The van der Waals surface area contributed by atoms with Crippen molar-refractivity contribution in [1.29, 1.82) is 0 Å². The number of aryl methyl sites for hydroxylation is 2. The molecule has 0 fully saturated rings. The second kappa shape index (κ2) is 17.4. The highest BCUT2D eigenvalue weighted by Crippen LogP contribution is 2.60. The fourth-order valence-corrected chi connectivity index (χ4v) is 10.8. The minimum Gasteiger partial charge on any atom is -0.256 e. The van der Waals surface area contributed by atoms with E-state index in [-0.39, 0.29) is 0 Å². The van der Waals surface area contributed by atoms with Crippen LogP contribution >= 0.6 is 0 Å². The Labute approximate surface area is 378 Å². The number of hydrogen-bond donors (Lipinski definition) is 0. The quantitative estimate of drug-likeness (QED) is 0.132. The lowest BCUT2D eigenvalue weighted by Crippen LogP contribution is -2.32. The molecule has 64 heavy (non-hydrogen) atoms. The maximum absolute atomic E-state index is 5.46. The molecular weight excluding hydrogens is 771 g/mol. The molecule has 1 aromatic heterocycles. The Morgan fingerprint density at radius 2 is 0.953 bits per heavy atom. The van der Waals surface area contributed by atoms with Crippen molar-refractivity contribution in [2.24, 2.45) is 0 Å². The molecule has 9 aromatic carbocycles. The maximum atomic E-state index is 5.46. The number of aromatic nitrogens is 1. The Kier molecular flexibility index (Phi) is 11.1. The third-order valence-electron chi connectivity index (χ3n) is 13.5. The van der Waals surface area contributed by atoms with Crippen molar-refractivity contribution in [3.8, 4) is 44.6 Å². The number of hydrogen-bond acceptors (Lipinski definition) is 1. The Bertz CT molecular complexity index is 3200. The van der Waals surface area contributed by atoms with Gasteiger partial charge in [-0.05, 0) is 120 Å². The third kappa shape index (κ3) is 6.75. The zero-order valence-electron chi connectivity index (χ0n) is 37.2. The lowest BCUT2D eigenvalue weighted by Gasteiger charge is -2.38. The molecular formula is C63H53N. The molecule has 0 saturated heterocycles. The van der Waals surface area contributed by atoms with E-state index >= 15 is 0 Å². The predicted octanol–water partition coefficient (Wildman–Crippen LogP) is 16.8. The highest BCUT2D eigenvalue weighted by Gasteiger charge is 2.49. The molecule has 0 aliphatic heterocycles. The van der Waals surface area contributed by atoms with E-state index in [0.717, 1.165) is 29.7 Å². The van der Waals surface area contributed by atoms with Gasteiger partial charge in [0.15, 0.2) is 0 Å². The van der Waals surface area contributed by atoms with Crippen molar-refractivity contribution in [3.05, 3.63) is 257 Å². The highest BCUT2D eigenvalue weighted by atomic mass is 14.7. The van der Waals surface area contributed by atoms with Crippen molar-refractivity contribution in [2.75, 3.05) is 0 Å². The Hall–Kier alpha value is -7.35. The number of pyridine rings is 1. The lowest BCUT2D eigenvalue weighted by molar-refractivity contribution is 0.651. The molecule has 0 amide bonds. The van der Waals surface area contributed by atoms with Crippen LogP contribution in [-0.2, 0) is 11.8 Å². The van der Waals surface area contributed by atoms with E-state index in [2.05, 4.69) is 232 Å². The number of nitrogens with zero attached hydrogens (tertiary/aromatic N) is 1. The van der Waals surface area contributed by atoms with Gasteiger partial charge in [0.2, 0.25) is 0 Å². The molecule has 1 aliphatic carbocycles. The first-order valence-electron chi connectivity index (χ1n) is 23.0. The van der Waals surface area contributed by atoms with E-state index < -0.39 is 5.41 Å². The van der Waals surface area contributed by atoms with Gasteiger partial charge in [-0.25, -0.2) is 0 Å². The van der Waals surface area contributed by atoms with E-state index in [0.29, 0.717) is 5.92 Å². The minimum absolute atomic E-state index is 0.325. The summed E-state index contributed by atoms with van der Waals surface area (Å²) in [5.74, 6) is 0.325.